The molecule has 1 aromatic carbocycles. The Balaban J connectivity index is 1.67. The average Bonchev–Trinajstić information content (AvgIpc) is 3.07. The molecular formula is C13H13N5OS. The summed E-state index contributed by atoms with van der Waals surface area (Å²) in [4.78, 5) is 0. The molecule has 7 heteroatoms. The summed E-state index contributed by atoms with van der Waals surface area (Å²) in [6.07, 6.45) is 0. The standard InChI is InChI=1S/C13H13N5OS/c1-10-7-12(19-15-10)9-20-13-14-16-17-18(13)8-11-5-3-2-4-6-11/h2-7H,8-9H2,1H3. The first-order valence-electron chi connectivity index (χ1n) is 6.16. The summed E-state index contributed by atoms with van der Waals surface area (Å²) >= 11 is 1.53. The molecule has 2 aromatic heterocycles. The number of aryl methyl sites for hydroxylation is 1. The van der Waals surface area contributed by atoms with E-state index in [1.54, 1.807) is 4.68 Å². The highest BCUT2D eigenvalue weighted by atomic mass is 32.2. The van der Waals surface area contributed by atoms with Crippen molar-refractivity contribution in [2.45, 2.75) is 24.4 Å². The minimum absolute atomic E-state index is 0.658. The number of aromatic nitrogens is 5. The Morgan fingerprint density at radius 2 is 2.10 bits per heavy atom. The van der Waals surface area contributed by atoms with Gasteiger partial charge in [0, 0.05) is 6.07 Å². The summed E-state index contributed by atoms with van der Waals surface area (Å²) in [6.45, 7) is 2.56. The van der Waals surface area contributed by atoms with E-state index < -0.39 is 0 Å². The first-order valence-corrected chi connectivity index (χ1v) is 7.15. The molecule has 0 fully saturated rings. The van der Waals surface area contributed by atoms with E-state index in [-0.39, 0.29) is 0 Å². The fraction of sp³-hybridized carbons (Fsp3) is 0.231. The Labute approximate surface area is 120 Å². The van der Waals surface area contributed by atoms with Gasteiger partial charge >= 0.3 is 0 Å². The van der Waals surface area contributed by atoms with Gasteiger partial charge in [-0.2, -0.15) is 0 Å². The van der Waals surface area contributed by atoms with Gasteiger partial charge in [-0.25, -0.2) is 4.68 Å². The van der Waals surface area contributed by atoms with Crippen molar-refractivity contribution < 1.29 is 4.52 Å². The van der Waals surface area contributed by atoms with Gasteiger partial charge in [0.2, 0.25) is 5.16 Å². The lowest BCUT2D eigenvalue weighted by molar-refractivity contribution is 0.391. The van der Waals surface area contributed by atoms with Gasteiger partial charge in [0.15, 0.2) is 0 Å². The number of rotatable bonds is 5. The molecule has 0 unspecified atom stereocenters. The molecule has 3 rings (SSSR count). The summed E-state index contributed by atoms with van der Waals surface area (Å²) in [6, 6.07) is 12.0. The van der Waals surface area contributed by atoms with Crippen LogP contribution in [0.3, 0.4) is 0 Å². The molecule has 0 radical (unpaired) electrons. The molecule has 0 spiro atoms. The quantitative estimate of drug-likeness (QED) is 0.671. The number of tetrazole rings is 1. The minimum Gasteiger partial charge on any atom is -0.360 e. The van der Waals surface area contributed by atoms with Gasteiger partial charge in [0.1, 0.15) is 5.76 Å². The number of hydrogen-bond donors (Lipinski definition) is 0. The van der Waals surface area contributed by atoms with Crippen molar-refractivity contribution in [2.24, 2.45) is 0 Å². The minimum atomic E-state index is 0.658. The molecule has 0 aliphatic carbocycles. The highest BCUT2D eigenvalue weighted by molar-refractivity contribution is 7.98. The maximum Gasteiger partial charge on any atom is 0.210 e. The van der Waals surface area contributed by atoms with Gasteiger partial charge in [0.05, 0.1) is 18.0 Å². The lowest BCUT2D eigenvalue weighted by Crippen LogP contribution is -2.03. The van der Waals surface area contributed by atoms with Crippen LogP contribution in [0.25, 0.3) is 0 Å². The first kappa shape index (κ1) is 12.9. The Morgan fingerprint density at radius 3 is 2.85 bits per heavy atom. The predicted octanol–water partition coefficient (Wildman–Crippen LogP) is 2.31. The van der Waals surface area contributed by atoms with Crippen LogP contribution in [0.15, 0.2) is 46.1 Å². The number of thioether (sulfide) groups is 1. The van der Waals surface area contributed by atoms with Crippen LogP contribution in [-0.4, -0.2) is 25.4 Å². The van der Waals surface area contributed by atoms with E-state index in [2.05, 4.69) is 32.8 Å². The first-order chi connectivity index (χ1) is 9.81. The number of benzene rings is 1. The van der Waals surface area contributed by atoms with Gasteiger partial charge < -0.3 is 4.52 Å². The second-order valence-corrected chi connectivity index (χ2v) is 5.27. The van der Waals surface area contributed by atoms with Crippen molar-refractivity contribution in [2.75, 3.05) is 0 Å². The van der Waals surface area contributed by atoms with E-state index in [1.165, 1.54) is 11.8 Å². The fourth-order valence-electron chi connectivity index (χ4n) is 1.78. The molecule has 20 heavy (non-hydrogen) atoms. The maximum absolute atomic E-state index is 5.17. The molecule has 3 aromatic rings. The SMILES string of the molecule is Cc1cc(CSc2nnnn2Cc2ccccc2)on1. The van der Waals surface area contributed by atoms with Crippen molar-refractivity contribution in [3.63, 3.8) is 0 Å². The third-order valence-electron chi connectivity index (χ3n) is 2.69. The Morgan fingerprint density at radius 1 is 1.25 bits per heavy atom. The Kier molecular flexibility index (Phi) is 3.78. The normalized spacial score (nSPS) is 10.8. The van der Waals surface area contributed by atoms with Gasteiger partial charge in [-0.3, -0.25) is 0 Å². The Hall–Kier alpha value is -2.15. The van der Waals surface area contributed by atoms with Crippen LogP contribution in [0.2, 0.25) is 0 Å². The summed E-state index contributed by atoms with van der Waals surface area (Å²) in [7, 11) is 0. The van der Waals surface area contributed by atoms with E-state index in [1.807, 2.05) is 31.2 Å². The van der Waals surface area contributed by atoms with Crippen LogP contribution in [0, 0.1) is 6.92 Å². The second-order valence-electron chi connectivity index (χ2n) is 4.33. The van der Waals surface area contributed by atoms with Gasteiger partial charge in [-0.1, -0.05) is 47.3 Å². The zero-order valence-electron chi connectivity index (χ0n) is 10.9. The monoisotopic (exact) mass is 287 g/mol. The summed E-state index contributed by atoms with van der Waals surface area (Å²) in [5, 5.41) is 16.4. The van der Waals surface area contributed by atoms with Crippen LogP contribution in [0.1, 0.15) is 17.0 Å². The molecule has 102 valence electrons. The maximum atomic E-state index is 5.17. The van der Waals surface area contributed by atoms with E-state index in [0.29, 0.717) is 12.3 Å². The van der Waals surface area contributed by atoms with E-state index in [0.717, 1.165) is 22.2 Å². The van der Waals surface area contributed by atoms with Gasteiger partial charge in [0.25, 0.3) is 0 Å². The lowest BCUT2D eigenvalue weighted by Gasteiger charge is -2.03. The molecule has 0 bridgehead atoms. The lowest BCUT2D eigenvalue weighted by atomic mass is 10.2. The average molecular weight is 287 g/mol. The largest absolute Gasteiger partial charge is 0.360 e. The van der Waals surface area contributed by atoms with Crippen molar-refractivity contribution in [1.82, 2.24) is 25.4 Å². The van der Waals surface area contributed by atoms with E-state index in [4.69, 9.17) is 4.52 Å². The van der Waals surface area contributed by atoms with Crippen molar-refractivity contribution in [3.8, 4) is 0 Å². The van der Waals surface area contributed by atoms with Crippen LogP contribution >= 0.6 is 11.8 Å². The molecule has 0 aliphatic heterocycles. The molecule has 6 nitrogen and oxygen atoms in total. The van der Waals surface area contributed by atoms with Gasteiger partial charge in [-0.15, -0.1) is 5.10 Å². The predicted molar refractivity (Wildman–Crippen MR) is 74.2 cm³/mol. The Bertz CT molecular complexity index is 679. The van der Waals surface area contributed by atoms with Crippen molar-refractivity contribution >= 4 is 11.8 Å². The van der Waals surface area contributed by atoms with Crippen molar-refractivity contribution in [1.29, 1.82) is 0 Å². The van der Waals surface area contributed by atoms with Crippen molar-refractivity contribution in [3.05, 3.63) is 53.4 Å². The molecule has 0 atom stereocenters. The molecule has 0 N–H and O–H groups in total. The smallest absolute Gasteiger partial charge is 0.210 e. The van der Waals surface area contributed by atoms with Gasteiger partial charge in [-0.05, 0) is 22.9 Å². The highest BCUT2D eigenvalue weighted by Gasteiger charge is 2.09. The summed E-state index contributed by atoms with van der Waals surface area (Å²) < 4.78 is 6.95. The second kappa shape index (κ2) is 5.87. The third kappa shape index (κ3) is 3.05. The fourth-order valence-corrected chi connectivity index (χ4v) is 2.53. The van der Waals surface area contributed by atoms with Crippen LogP contribution < -0.4 is 0 Å². The summed E-state index contributed by atoms with van der Waals surface area (Å²) in [5.41, 5.74) is 2.04. The van der Waals surface area contributed by atoms with E-state index >= 15 is 0 Å². The number of nitrogens with zero attached hydrogens (tertiary/aromatic N) is 5. The zero-order valence-corrected chi connectivity index (χ0v) is 11.7. The van der Waals surface area contributed by atoms with Crippen LogP contribution in [0.4, 0.5) is 0 Å². The molecular weight excluding hydrogens is 274 g/mol. The highest BCUT2D eigenvalue weighted by Crippen LogP contribution is 2.20. The van der Waals surface area contributed by atoms with Crippen LogP contribution in [-0.2, 0) is 12.3 Å². The molecule has 0 amide bonds. The molecule has 0 aliphatic rings. The zero-order chi connectivity index (χ0) is 13.8. The summed E-state index contributed by atoms with van der Waals surface area (Å²) in [5.74, 6) is 1.48. The van der Waals surface area contributed by atoms with Crippen LogP contribution in [0.5, 0.6) is 0 Å². The molecule has 0 saturated carbocycles. The number of hydrogen-bond acceptors (Lipinski definition) is 6. The van der Waals surface area contributed by atoms with E-state index in [9.17, 15) is 0 Å². The molecule has 0 saturated heterocycles. The topological polar surface area (TPSA) is 69.6 Å². The third-order valence-corrected chi connectivity index (χ3v) is 3.67. The molecule has 2 heterocycles.